The molecule has 0 fully saturated rings. The summed E-state index contributed by atoms with van der Waals surface area (Å²) in [6.45, 7) is 8.14. The average Bonchev–Trinajstić information content (AvgIpc) is 2.86. The summed E-state index contributed by atoms with van der Waals surface area (Å²) in [4.78, 5) is 20.2. The van der Waals surface area contributed by atoms with Crippen LogP contribution in [0.3, 0.4) is 0 Å². The fourth-order valence-corrected chi connectivity index (χ4v) is 4.19. The molecule has 3 rings (SSSR count). The Bertz CT molecular complexity index is 1200. The number of rotatable bonds is 11. The van der Waals surface area contributed by atoms with E-state index in [1.807, 2.05) is 17.0 Å². The number of aromatic amines is 1. The van der Waals surface area contributed by atoms with Crippen molar-refractivity contribution in [1.82, 2.24) is 14.8 Å². The molecule has 0 unspecified atom stereocenters. The summed E-state index contributed by atoms with van der Waals surface area (Å²) in [7, 11) is 3.13. The molecule has 0 amide bonds. The molecule has 0 aliphatic heterocycles. The van der Waals surface area contributed by atoms with Crippen molar-refractivity contribution in [3.05, 3.63) is 64.2 Å². The van der Waals surface area contributed by atoms with Gasteiger partial charge in [-0.1, -0.05) is 13.8 Å². The summed E-state index contributed by atoms with van der Waals surface area (Å²) in [5.74, 6) is 0.820. The number of methoxy groups -OCH3 is 2. The minimum atomic E-state index is -0.313. The highest BCUT2D eigenvalue weighted by Gasteiger charge is 2.15. The zero-order valence-electron chi connectivity index (χ0n) is 20.7. The zero-order valence-corrected chi connectivity index (χ0v) is 21.5. The smallest absolute Gasteiger partial charge is 0.253 e. The molecule has 0 aliphatic rings. The molecule has 9 heteroatoms. The molecule has 0 atom stereocenters. The molecule has 1 heterocycles. The maximum absolute atomic E-state index is 13.3. The van der Waals surface area contributed by atoms with Gasteiger partial charge >= 0.3 is 0 Å². The van der Waals surface area contributed by atoms with Crippen molar-refractivity contribution < 1.29 is 13.9 Å². The van der Waals surface area contributed by atoms with Crippen molar-refractivity contribution in [2.75, 3.05) is 45.7 Å². The molecule has 0 radical (unpaired) electrons. The fraction of sp³-hybridized carbons (Fsp3) is 0.385. The van der Waals surface area contributed by atoms with Gasteiger partial charge in [0, 0.05) is 29.2 Å². The first-order valence-electron chi connectivity index (χ1n) is 11.7. The van der Waals surface area contributed by atoms with Gasteiger partial charge in [-0.25, -0.2) is 4.39 Å². The van der Waals surface area contributed by atoms with E-state index in [-0.39, 0.29) is 11.4 Å². The second-order valence-corrected chi connectivity index (χ2v) is 8.54. The van der Waals surface area contributed by atoms with E-state index in [2.05, 4.69) is 29.0 Å². The highest BCUT2D eigenvalue weighted by Crippen LogP contribution is 2.31. The van der Waals surface area contributed by atoms with Crippen LogP contribution in [0.25, 0.3) is 10.9 Å². The van der Waals surface area contributed by atoms with Crippen LogP contribution >= 0.6 is 12.2 Å². The number of ether oxygens (including phenoxy) is 2. The van der Waals surface area contributed by atoms with E-state index in [4.69, 9.17) is 21.7 Å². The number of fused-ring (bicyclic) bond motifs is 1. The number of thiocarbonyl (C=S) groups is 1. The van der Waals surface area contributed by atoms with Crippen LogP contribution in [0.4, 0.5) is 10.1 Å². The number of pyridine rings is 1. The van der Waals surface area contributed by atoms with Crippen LogP contribution in [0.5, 0.6) is 11.5 Å². The number of nitrogens with one attached hydrogen (secondary N) is 2. The van der Waals surface area contributed by atoms with Crippen molar-refractivity contribution >= 4 is 33.9 Å². The van der Waals surface area contributed by atoms with Gasteiger partial charge in [0.1, 0.15) is 5.82 Å². The highest BCUT2D eigenvalue weighted by molar-refractivity contribution is 7.80. The van der Waals surface area contributed by atoms with Crippen LogP contribution in [-0.4, -0.2) is 60.3 Å². The van der Waals surface area contributed by atoms with Crippen LogP contribution in [0.15, 0.2) is 47.3 Å². The molecule has 35 heavy (non-hydrogen) atoms. The average molecular weight is 501 g/mol. The van der Waals surface area contributed by atoms with Gasteiger partial charge in [0.25, 0.3) is 5.56 Å². The topological polar surface area (TPSA) is 69.8 Å². The summed E-state index contributed by atoms with van der Waals surface area (Å²) in [5, 5.41) is 4.48. The maximum atomic E-state index is 13.3. The third-order valence-electron chi connectivity index (χ3n) is 5.97. The van der Waals surface area contributed by atoms with E-state index in [9.17, 15) is 9.18 Å². The van der Waals surface area contributed by atoms with E-state index in [0.717, 1.165) is 31.4 Å². The summed E-state index contributed by atoms with van der Waals surface area (Å²) < 4.78 is 24.1. The molecule has 0 saturated carbocycles. The minimum absolute atomic E-state index is 0.192. The lowest BCUT2D eigenvalue weighted by atomic mass is 10.1. The second kappa shape index (κ2) is 12.5. The Balaban J connectivity index is 1.86. The SMILES string of the molecule is CCN(CC)CCCN(Cc1cc2cc(OC)c(OC)cc2[nH]c1=O)C(=S)Nc1ccc(F)cc1. The molecule has 0 spiro atoms. The van der Waals surface area contributed by atoms with Crippen molar-refractivity contribution in [3.8, 4) is 11.5 Å². The van der Waals surface area contributed by atoms with Gasteiger partial charge < -0.3 is 29.6 Å². The number of aromatic nitrogens is 1. The van der Waals surface area contributed by atoms with Gasteiger partial charge in [-0.3, -0.25) is 4.79 Å². The van der Waals surface area contributed by atoms with Crippen LogP contribution in [0.1, 0.15) is 25.8 Å². The van der Waals surface area contributed by atoms with E-state index in [1.165, 1.54) is 12.1 Å². The summed E-state index contributed by atoms with van der Waals surface area (Å²) in [6, 6.07) is 11.5. The monoisotopic (exact) mass is 500 g/mol. The lowest BCUT2D eigenvalue weighted by Crippen LogP contribution is -2.38. The van der Waals surface area contributed by atoms with Crippen molar-refractivity contribution in [2.45, 2.75) is 26.8 Å². The van der Waals surface area contributed by atoms with E-state index in [1.54, 1.807) is 32.4 Å². The zero-order chi connectivity index (χ0) is 25.4. The number of hydrogen-bond acceptors (Lipinski definition) is 5. The van der Waals surface area contributed by atoms with Gasteiger partial charge in [0.15, 0.2) is 16.6 Å². The molecular formula is C26H33FN4O3S. The maximum Gasteiger partial charge on any atom is 0.253 e. The third-order valence-corrected chi connectivity index (χ3v) is 6.33. The number of benzene rings is 2. The van der Waals surface area contributed by atoms with Crippen molar-refractivity contribution in [2.24, 2.45) is 0 Å². The lowest BCUT2D eigenvalue weighted by Gasteiger charge is -2.27. The Morgan fingerprint density at radius 3 is 2.31 bits per heavy atom. The first-order chi connectivity index (χ1) is 16.9. The summed E-state index contributed by atoms with van der Waals surface area (Å²) >= 11 is 5.70. The van der Waals surface area contributed by atoms with Crippen LogP contribution < -0.4 is 20.3 Å². The molecule has 0 bridgehead atoms. The van der Waals surface area contributed by atoms with Gasteiger partial charge in [0.05, 0.1) is 26.3 Å². The quantitative estimate of drug-likeness (QED) is 0.373. The first kappa shape index (κ1) is 26.4. The Morgan fingerprint density at radius 1 is 1.03 bits per heavy atom. The summed E-state index contributed by atoms with van der Waals surface area (Å²) in [5.41, 5.74) is 1.74. The Labute approximate surface area is 210 Å². The van der Waals surface area contributed by atoms with Crippen LogP contribution in [-0.2, 0) is 6.54 Å². The standard InChI is InChI=1S/C26H33FN4O3S/c1-5-30(6-2)12-7-13-31(26(35)28-21-10-8-20(27)9-11-21)17-19-14-18-15-23(33-3)24(34-4)16-22(18)29-25(19)32/h8-11,14-16H,5-7,12-13,17H2,1-4H3,(H,28,35)(H,29,32). The van der Waals surface area contributed by atoms with Crippen molar-refractivity contribution in [3.63, 3.8) is 0 Å². The number of hydrogen-bond donors (Lipinski definition) is 2. The van der Waals surface area contributed by atoms with Gasteiger partial charge in [-0.15, -0.1) is 0 Å². The molecule has 2 N–H and O–H groups in total. The first-order valence-corrected chi connectivity index (χ1v) is 12.1. The van der Waals surface area contributed by atoms with E-state index < -0.39 is 0 Å². The van der Waals surface area contributed by atoms with Gasteiger partial charge in [-0.2, -0.15) is 0 Å². The number of halogens is 1. The minimum Gasteiger partial charge on any atom is -0.493 e. The Hall–Kier alpha value is -3.17. The van der Waals surface area contributed by atoms with Crippen LogP contribution in [0.2, 0.25) is 0 Å². The van der Waals surface area contributed by atoms with Gasteiger partial charge in [0.2, 0.25) is 0 Å². The Morgan fingerprint density at radius 2 is 1.69 bits per heavy atom. The molecule has 188 valence electrons. The van der Waals surface area contributed by atoms with E-state index >= 15 is 0 Å². The highest BCUT2D eigenvalue weighted by atomic mass is 32.1. The molecule has 3 aromatic rings. The molecule has 2 aromatic carbocycles. The number of anilines is 1. The molecule has 0 saturated heterocycles. The summed E-state index contributed by atoms with van der Waals surface area (Å²) in [6.07, 6.45) is 0.878. The fourth-order valence-electron chi connectivity index (χ4n) is 3.91. The largest absolute Gasteiger partial charge is 0.493 e. The van der Waals surface area contributed by atoms with Crippen molar-refractivity contribution in [1.29, 1.82) is 0 Å². The number of nitrogens with zero attached hydrogens (tertiary/aromatic N) is 2. The number of H-pyrrole nitrogens is 1. The molecule has 0 aliphatic carbocycles. The second-order valence-electron chi connectivity index (χ2n) is 8.16. The lowest BCUT2D eigenvalue weighted by molar-refractivity contribution is 0.281. The molecular weight excluding hydrogens is 467 g/mol. The van der Waals surface area contributed by atoms with Gasteiger partial charge in [-0.05, 0) is 74.7 Å². The normalized spacial score (nSPS) is 11.0. The predicted octanol–water partition coefficient (Wildman–Crippen LogP) is 4.62. The predicted molar refractivity (Wildman–Crippen MR) is 143 cm³/mol. The van der Waals surface area contributed by atoms with Crippen LogP contribution in [0, 0.1) is 5.82 Å². The third kappa shape index (κ3) is 6.93. The molecule has 7 nitrogen and oxygen atoms in total. The van der Waals surface area contributed by atoms with E-state index in [0.29, 0.717) is 46.5 Å². The molecule has 1 aromatic heterocycles. The Kier molecular flexibility index (Phi) is 9.45.